The van der Waals surface area contributed by atoms with Gasteiger partial charge < -0.3 is 5.32 Å². The van der Waals surface area contributed by atoms with E-state index in [9.17, 15) is 0 Å². The molecule has 0 saturated heterocycles. The maximum atomic E-state index is 3.75. The van der Waals surface area contributed by atoms with Crippen molar-refractivity contribution in [2.75, 3.05) is 6.54 Å². The lowest BCUT2D eigenvalue weighted by Gasteiger charge is -2.21. The smallest absolute Gasteiger partial charge is 0.0333 e. The van der Waals surface area contributed by atoms with Crippen molar-refractivity contribution in [2.24, 2.45) is 0 Å². The van der Waals surface area contributed by atoms with E-state index in [0.29, 0.717) is 6.04 Å². The van der Waals surface area contributed by atoms with Crippen molar-refractivity contribution < 1.29 is 0 Å². The molecule has 0 spiro atoms. The van der Waals surface area contributed by atoms with Gasteiger partial charge >= 0.3 is 0 Å². The number of fused-ring (bicyclic) bond motifs is 3. The predicted octanol–water partition coefficient (Wildman–Crippen LogP) is 4.91. The van der Waals surface area contributed by atoms with Crippen LogP contribution in [0.1, 0.15) is 43.9 Å². The average molecular weight is 285 g/mol. The fraction of sp³-hybridized carbons (Fsp3) is 0.444. The first-order valence-electron chi connectivity index (χ1n) is 7.65. The Balaban J connectivity index is 2.07. The molecule has 1 nitrogen and oxygen atoms in total. The lowest BCUT2D eigenvalue weighted by atomic mass is 9.93. The summed E-state index contributed by atoms with van der Waals surface area (Å²) in [6.07, 6.45) is 2.43. The van der Waals surface area contributed by atoms with Gasteiger partial charge in [0.2, 0.25) is 0 Å². The van der Waals surface area contributed by atoms with Crippen LogP contribution < -0.4 is 5.32 Å². The van der Waals surface area contributed by atoms with Crippen molar-refractivity contribution in [1.82, 2.24) is 5.32 Å². The van der Waals surface area contributed by atoms with E-state index in [4.69, 9.17) is 0 Å². The van der Waals surface area contributed by atoms with Gasteiger partial charge in [0.05, 0.1) is 0 Å². The van der Waals surface area contributed by atoms with Crippen LogP contribution in [0.2, 0.25) is 0 Å². The average Bonchev–Trinajstić information content (AvgIpc) is 2.64. The highest BCUT2D eigenvalue weighted by Crippen LogP contribution is 2.38. The third-order valence-corrected chi connectivity index (χ3v) is 5.39. The molecule has 20 heavy (non-hydrogen) atoms. The second-order valence-corrected chi connectivity index (χ2v) is 7.15. The Labute approximate surface area is 126 Å². The van der Waals surface area contributed by atoms with E-state index in [2.05, 4.69) is 67.3 Å². The lowest BCUT2D eigenvalue weighted by Crippen LogP contribution is -2.24. The first kappa shape index (κ1) is 14.0. The Kier molecular flexibility index (Phi) is 4.32. The van der Waals surface area contributed by atoms with Gasteiger partial charge in [-0.2, -0.15) is 11.8 Å². The topological polar surface area (TPSA) is 12.0 Å². The van der Waals surface area contributed by atoms with Crippen molar-refractivity contribution in [3.05, 3.63) is 47.5 Å². The molecule has 3 rings (SSSR count). The van der Waals surface area contributed by atoms with Crippen molar-refractivity contribution >= 4 is 22.5 Å². The summed E-state index contributed by atoms with van der Waals surface area (Å²) in [5.74, 6) is 1.14. The summed E-state index contributed by atoms with van der Waals surface area (Å²) in [5.41, 5.74) is 3.07. The number of benzene rings is 2. The minimum atomic E-state index is 0.513. The summed E-state index contributed by atoms with van der Waals surface area (Å²) in [4.78, 5) is 0. The van der Waals surface area contributed by atoms with Crippen LogP contribution in [0, 0.1) is 0 Å². The Morgan fingerprint density at radius 2 is 2.05 bits per heavy atom. The first-order valence-corrected chi connectivity index (χ1v) is 8.70. The summed E-state index contributed by atoms with van der Waals surface area (Å²) >= 11 is 2.09. The third-order valence-electron chi connectivity index (χ3n) is 4.17. The number of hydrogen-bond acceptors (Lipinski definition) is 2. The van der Waals surface area contributed by atoms with Gasteiger partial charge in [-0.3, -0.25) is 0 Å². The predicted molar refractivity (Wildman–Crippen MR) is 90.4 cm³/mol. The van der Waals surface area contributed by atoms with Crippen molar-refractivity contribution in [3.63, 3.8) is 0 Å². The standard InChI is InChI=1S/C18H23NS/c1-3-10-19-18-11-13(2)20-12-17-15-7-5-4-6-14(15)8-9-16(17)18/h4-9,13,18-19H,3,10-12H2,1-2H3. The van der Waals surface area contributed by atoms with Gasteiger partial charge in [-0.25, -0.2) is 0 Å². The third kappa shape index (κ3) is 2.72. The van der Waals surface area contributed by atoms with Crippen molar-refractivity contribution in [2.45, 2.75) is 43.7 Å². The maximum Gasteiger partial charge on any atom is 0.0333 e. The summed E-state index contributed by atoms with van der Waals surface area (Å²) in [5, 5.41) is 7.28. The Bertz CT molecular complexity index is 593. The highest BCUT2D eigenvalue weighted by molar-refractivity contribution is 7.99. The molecule has 0 radical (unpaired) electrons. The SMILES string of the molecule is CCCNC1CC(C)SCc2c1ccc1ccccc21. The van der Waals surface area contributed by atoms with Crippen molar-refractivity contribution in [1.29, 1.82) is 0 Å². The molecule has 0 fully saturated rings. The van der Waals surface area contributed by atoms with Crippen LogP contribution in [0.3, 0.4) is 0 Å². The molecule has 1 heterocycles. The molecule has 2 aromatic rings. The van der Waals surface area contributed by atoms with Crippen LogP contribution in [0.5, 0.6) is 0 Å². The minimum Gasteiger partial charge on any atom is -0.310 e. The van der Waals surface area contributed by atoms with E-state index >= 15 is 0 Å². The van der Waals surface area contributed by atoms with E-state index < -0.39 is 0 Å². The van der Waals surface area contributed by atoms with Gasteiger partial charge in [-0.1, -0.05) is 50.2 Å². The van der Waals surface area contributed by atoms with Gasteiger partial charge in [0, 0.05) is 17.0 Å². The monoisotopic (exact) mass is 285 g/mol. The summed E-state index contributed by atoms with van der Waals surface area (Å²) in [6, 6.07) is 14.0. The zero-order valence-electron chi connectivity index (χ0n) is 12.4. The van der Waals surface area contributed by atoms with Gasteiger partial charge in [-0.05, 0) is 41.3 Å². The Morgan fingerprint density at radius 3 is 2.90 bits per heavy atom. The minimum absolute atomic E-state index is 0.513. The molecular formula is C18H23NS. The molecule has 0 aromatic heterocycles. The number of hydrogen-bond donors (Lipinski definition) is 1. The quantitative estimate of drug-likeness (QED) is 0.860. The number of thioether (sulfide) groups is 1. The fourth-order valence-corrected chi connectivity index (χ4v) is 4.21. The molecule has 2 heteroatoms. The molecule has 0 amide bonds. The van der Waals surface area contributed by atoms with Crippen LogP contribution in [-0.4, -0.2) is 11.8 Å². The highest BCUT2D eigenvalue weighted by Gasteiger charge is 2.23. The molecule has 0 aliphatic carbocycles. The molecule has 2 atom stereocenters. The molecular weight excluding hydrogens is 262 g/mol. The molecule has 1 aliphatic heterocycles. The Hall–Kier alpha value is -0.990. The van der Waals surface area contributed by atoms with Gasteiger partial charge in [0.25, 0.3) is 0 Å². The first-order chi connectivity index (χ1) is 9.79. The number of rotatable bonds is 3. The van der Waals surface area contributed by atoms with E-state index in [0.717, 1.165) is 17.5 Å². The summed E-state index contributed by atoms with van der Waals surface area (Å²) in [6.45, 7) is 5.71. The molecule has 106 valence electrons. The molecule has 1 N–H and O–H groups in total. The van der Waals surface area contributed by atoms with E-state index in [1.54, 1.807) is 5.56 Å². The maximum absolute atomic E-state index is 3.75. The molecule has 2 unspecified atom stereocenters. The van der Waals surface area contributed by atoms with Gasteiger partial charge in [-0.15, -0.1) is 0 Å². The molecule has 1 aliphatic rings. The zero-order valence-corrected chi connectivity index (χ0v) is 13.2. The van der Waals surface area contributed by atoms with Gasteiger partial charge in [0.1, 0.15) is 0 Å². The largest absolute Gasteiger partial charge is 0.310 e. The molecule has 0 bridgehead atoms. The summed E-state index contributed by atoms with van der Waals surface area (Å²) < 4.78 is 0. The van der Waals surface area contributed by atoms with E-state index in [-0.39, 0.29) is 0 Å². The van der Waals surface area contributed by atoms with E-state index in [1.807, 2.05) is 0 Å². The lowest BCUT2D eigenvalue weighted by molar-refractivity contribution is 0.500. The van der Waals surface area contributed by atoms with E-state index in [1.165, 1.54) is 29.2 Å². The molecule has 0 saturated carbocycles. The highest BCUT2D eigenvalue weighted by atomic mass is 32.2. The van der Waals surface area contributed by atoms with Gasteiger partial charge in [0.15, 0.2) is 0 Å². The fourth-order valence-electron chi connectivity index (χ4n) is 3.10. The Morgan fingerprint density at radius 1 is 1.20 bits per heavy atom. The number of nitrogens with one attached hydrogen (secondary N) is 1. The van der Waals surface area contributed by atoms with Crippen LogP contribution in [0.4, 0.5) is 0 Å². The second-order valence-electron chi connectivity index (χ2n) is 5.72. The second kappa shape index (κ2) is 6.19. The normalized spacial score (nSPS) is 22.5. The van der Waals surface area contributed by atoms with Crippen LogP contribution >= 0.6 is 11.8 Å². The van der Waals surface area contributed by atoms with Crippen LogP contribution in [-0.2, 0) is 5.75 Å². The summed E-state index contributed by atoms with van der Waals surface area (Å²) in [7, 11) is 0. The van der Waals surface area contributed by atoms with Crippen LogP contribution in [0.25, 0.3) is 10.8 Å². The molecule has 2 aromatic carbocycles. The van der Waals surface area contributed by atoms with Crippen molar-refractivity contribution in [3.8, 4) is 0 Å². The zero-order chi connectivity index (χ0) is 13.9. The van der Waals surface area contributed by atoms with Crippen LogP contribution in [0.15, 0.2) is 36.4 Å².